The van der Waals surface area contributed by atoms with Crippen molar-refractivity contribution in [2.45, 2.75) is 24.7 Å². The van der Waals surface area contributed by atoms with Gasteiger partial charge in [-0.05, 0) is 68.3 Å². The molecular formula is C22H24ClNO6S. The average molecular weight is 466 g/mol. The van der Waals surface area contributed by atoms with Crippen molar-refractivity contribution >= 4 is 33.4 Å². The molecule has 1 aliphatic rings. The monoisotopic (exact) mass is 465 g/mol. The second-order valence-electron chi connectivity index (χ2n) is 7.12. The van der Waals surface area contributed by atoms with Crippen LogP contribution in [-0.4, -0.2) is 50.8 Å². The molecule has 0 spiro atoms. The molecule has 0 aromatic heterocycles. The topological polar surface area (TPSA) is 90.0 Å². The number of hydrogen-bond acceptors (Lipinski definition) is 6. The van der Waals surface area contributed by atoms with E-state index in [9.17, 15) is 18.0 Å². The number of Topliss-reactive ketones (excluding diaryl/α,β-unsaturated/α-hetero) is 1. The molecule has 0 N–H and O–H groups in total. The minimum atomic E-state index is -3.65. The summed E-state index contributed by atoms with van der Waals surface area (Å²) in [4.78, 5) is 24.7. The van der Waals surface area contributed by atoms with E-state index in [2.05, 4.69) is 0 Å². The third kappa shape index (κ3) is 5.84. The fourth-order valence-corrected chi connectivity index (χ4v) is 4.92. The minimum absolute atomic E-state index is 0.186. The van der Waals surface area contributed by atoms with Crippen LogP contribution in [0.1, 0.15) is 30.1 Å². The summed E-state index contributed by atoms with van der Waals surface area (Å²) in [6.07, 6.45) is 0.675. The molecule has 9 heteroatoms. The average Bonchev–Trinajstić information content (AvgIpc) is 2.78. The molecular weight excluding hydrogens is 442 g/mol. The molecule has 3 rings (SSSR count). The van der Waals surface area contributed by atoms with Crippen LogP contribution in [-0.2, 0) is 19.6 Å². The van der Waals surface area contributed by atoms with E-state index in [-0.39, 0.29) is 30.4 Å². The van der Waals surface area contributed by atoms with Crippen LogP contribution in [0.4, 0.5) is 0 Å². The summed E-state index contributed by atoms with van der Waals surface area (Å²) in [5, 5.41) is 0.514. The summed E-state index contributed by atoms with van der Waals surface area (Å²) in [7, 11) is -3.65. The van der Waals surface area contributed by atoms with E-state index >= 15 is 0 Å². The molecule has 0 unspecified atom stereocenters. The third-order valence-electron chi connectivity index (χ3n) is 5.07. The second-order valence-corrected chi connectivity index (χ2v) is 9.49. The molecule has 31 heavy (non-hydrogen) atoms. The van der Waals surface area contributed by atoms with Gasteiger partial charge in [0.2, 0.25) is 10.0 Å². The van der Waals surface area contributed by atoms with Gasteiger partial charge in [0.05, 0.1) is 17.4 Å². The zero-order chi connectivity index (χ0) is 22.4. The lowest BCUT2D eigenvalue weighted by atomic mass is 9.98. The zero-order valence-corrected chi connectivity index (χ0v) is 18.7. The van der Waals surface area contributed by atoms with Crippen molar-refractivity contribution in [2.24, 2.45) is 5.92 Å². The SMILES string of the molecule is CCOc1ccc(S(=O)(=O)N2CCC(C(=O)OCC(=O)c3ccc(Cl)cc3)CC2)cc1. The number of sulfonamides is 1. The van der Waals surface area contributed by atoms with Crippen LogP contribution >= 0.6 is 11.6 Å². The Kier molecular flexibility index (Phi) is 7.69. The van der Waals surface area contributed by atoms with E-state index < -0.39 is 21.9 Å². The predicted molar refractivity (Wildman–Crippen MR) is 116 cm³/mol. The highest BCUT2D eigenvalue weighted by Crippen LogP contribution is 2.26. The van der Waals surface area contributed by atoms with Gasteiger partial charge in [0.1, 0.15) is 5.75 Å². The van der Waals surface area contributed by atoms with Crippen LogP contribution in [0, 0.1) is 5.92 Å². The van der Waals surface area contributed by atoms with Gasteiger partial charge in [-0.3, -0.25) is 9.59 Å². The minimum Gasteiger partial charge on any atom is -0.494 e. The highest BCUT2D eigenvalue weighted by atomic mass is 35.5. The molecule has 0 aliphatic carbocycles. The van der Waals surface area contributed by atoms with Crippen molar-refractivity contribution in [1.82, 2.24) is 4.31 Å². The Labute approximate surface area is 187 Å². The summed E-state index contributed by atoms with van der Waals surface area (Å²) < 4.78 is 37.6. The zero-order valence-electron chi connectivity index (χ0n) is 17.1. The molecule has 2 aromatic rings. The normalized spacial score (nSPS) is 15.4. The van der Waals surface area contributed by atoms with E-state index in [1.807, 2.05) is 6.92 Å². The molecule has 0 atom stereocenters. The van der Waals surface area contributed by atoms with E-state index in [1.165, 1.54) is 16.4 Å². The molecule has 0 bridgehead atoms. The number of carbonyl (C=O) groups excluding carboxylic acids is 2. The van der Waals surface area contributed by atoms with Crippen LogP contribution in [0.2, 0.25) is 5.02 Å². The first kappa shape index (κ1) is 23.2. The maximum absolute atomic E-state index is 12.8. The smallest absolute Gasteiger partial charge is 0.309 e. The van der Waals surface area contributed by atoms with Crippen molar-refractivity contribution < 1.29 is 27.5 Å². The quantitative estimate of drug-likeness (QED) is 0.437. The van der Waals surface area contributed by atoms with Gasteiger partial charge in [-0.2, -0.15) is 4.31 Å². The van der Waals surface area contributed by atoms with Gasteiger partial charge in [-0.25, -0.2) is 8.42 Å². The van der Waals surface area contributed by atoms with E-state index in [0.717, 1.165) is 0 Å². The van der Waals surface area contributed by atoms with Gasteiger partial charge in [0.15, 0.2) is 12.4 Å². The Morgan fingerprint density at radius 1 is 1.03 bits per heavy atom. The summed E-state index contributed by atoms with van der Waals surface area (Å²) in [6, 6.07) is 12.6. The van der Waals surface area contributed by atoms with Gasteiger partial charge in [0.25, 0.3) is 0 Å². The largest absolute Gasteiger partial charge is 0.494 e. The van der Waals surface area contributed by atoms with E-state index in [0.29, 0.717) is 35.8 Å². The Bertz CT molecular complexity index is 1010. The molecule has 1 fully saturated rings. The van der Waals surface area contributed by atoms with Crippen LogP contribution in [0.5, 0.6) is 5.75 Å². The van der Waals surface area contributed by atoms with Crippen molar-refractivity contribution in [3.05, 3.63) is 59.1 Å². The summed E-state index contributed by atoms with van der Waals surface area (Å²) in [5.74, 6) is -0.637. The van der Waals surface area contributed by atoms with Crippen molar-refractivity contribution in [2.75, 3.05) is 26.3 Å². The molecule has 0 radical (unpaired) electrons. The first-order valence-electron chi connectivity index (χ1n) is 9.99. The van der Waals surface area contributed by atoms with Crippen molar-refractivity contribution in [1.29, 1.82) is 0 Å². The number of halogens is 1. The molecule has 0 amide bonds. The maximum atomic E-state index is 12.8. The van der Waals surface area contributed by atoms with Crippen LogP contribution in [0.15, 0.2) is 53.4 Å². The highest BCUT2D eigenvalue weighted by molar-refractivity contribution is 7.89. The number of hydrogen-bond donors (Lipinski definition) is 0. The van der Waals surface area contributed by atoms with Gasteiger partial charge in [-0.1, -0.05) is 11.6 Å². The van der Waals surface area contributed by atoms with Crippen LogP contribution in [0.3, 0.4) is 0 Å². The standard InChI is InChI=1S/C22H24ClNO6S/c1-2-29-19-7-9-20(10-8-19)31(27,28)24-13-11-17(12-14-24)22(26)30-15-21(25)16-3-5-18(23)6-4-16/h3-10,17H,2,11-15H2,1H3. The highest BCUT2D eigenvalue weighted by Gasteiger charge is 2.33. The van der Waals surface area contributed by atoms with Crippen molar-refractivity contribution in [3.63, 3.8) is 0 Å². The summed E-state index contributed by atoms with van der Waals surface area (Å²) >= 11 is 5.80. The molecule has 1 saturated heterocycles. The predicted octanol–water partition coefficient (Wildman–Crippen LogP) is 3.57. The van der Waals surface area contributed by atoms with Gasteiger partial charge in [-0.15, -0.1) is 0 Å². The second kappa shape index (κ2) is 10.3. The lowest BCUT2D eigenvalue weighted by Gasteiger charge is -2.30. The Morgan fingerprint density at radius 3 is 2.23 bits per heavy atom. The summed E-state index contributed by atoms with van der Waals surface area (Å²) in [6.45, 7) is 2.42. The number of benzene rings is 2. The fourth-order valence-electron chi connectivity index (χ4n) is 3.33. The third-order valence-corrected chi connectivity index (χ3v) is 7.24. The maximum Gasteiger partial charge on any atom is 0.309 e. The molecule has 1 heterocycles. The molecule has 166 valence electrons. The lowest BCUT2D eigenvalue weighted by Crippen LogP contribution is -2.40. The molecule has 2 aromatic carbocycles. The number of piperidine rings is 1. The molecule has 0 saturated carbocycles. The van der Waals surface area contributed by atoms with Gasteiger partial charge < -0.3 is 9.47 Å². The van der Waals surface area contributed by atoms with Gasteiger partial charge in [0, 0.05) is 23.7 Å². The number of esters is 1. The first-order valence-corrected chi connectivity index (χ1v) is 11.8. The Balaban J connectivity index is 1.51. The number of carbonyl (C=O) groups is 2. The summed E-state index contributed by atoms with van der Waals surface area (Å²) in [5.41, 5.74) is 0.411. The Morgan fingerprint density at radius 2 is 1.65 bits per heavy atom. The number of rotatable bonds is 8. The van der Waals surface area contributed by atoms with Crippen molar-refractivity contribution in [3.8, 4) is 5.75 Å². The number of ether oxygens (including phenoxy) is 2. The lowest BCUT2D eigenvalue weighted by molar-refractivity contribution is -0.148. The Hall–Kier alpha value is -2.42. The van der Waals surface area contributed by atoms with Gasteiger partial charge >= 0.3 is 5.97 Å². The number of ketones is 1. The van der Waals surface area contributed by atoms with E-state index in [4.69, 9.17) is 21.1 Å². The molecule has 7 nitrogen and oxygen atoms in total. The van der Waals surface area contributed by atoms with E-state index in [1.54, 1.807) is 36.4 Å². The van der Waals surface area contributed by atoms with Crippen LogP contribution in [0.25, 0.3) is 0 Å². The fraction of sp³-hybridized carbons (Fsp3) is 0.364. The van der Waals surface area contributed by atoms with Crippen LogP contribution < -0.4 is 4.74 Å². The molecule has 1 aliphatic heterocycles. The first-order chi connectivity index (χ1) is 14.8. The number of nitrogens with zero attached hydrogens (tertiary/aromatic N) is 1.